The van der Waals surface area contributed by atoms with Crippen LogP contribution in [0.1, 0.15) is 38.2 Å². The summed E-state index contributed by atoms with van der Waals surface area (Å²) in [6, 6.07) is 5.19. The number of piperidine rings is 1. The van der Waals surface area contributed by atoms with E-state index >= 15 is 0 Å². The topological polar surface area (TPSA) is 64.1 Å². The predicted molar refractivity (Wildman–Crippen MR) is 129 cm³/mol. The largest absolute Gasteiger partial charge is 0.392 e. The van der Waals surface area contributed by atoms with E-state index < -0.39 is 6.10 Å². The quantitative estimate of drug-likeness (QED) is 0.604. The van der Waals surface area contributed by atoms with Crippen LogP contribution in [0.3, 0.4) is 0 Å². The van der Waals surface area contributed by atoms with Crippen LogP contribution in [0.2, 0.25) is 10.0 Å². The lowest BCUT2D eigenvalue weighted by Crippen LogP contribution is -2.41. The number of benzene rings is 1. The van der Waals surface area contributed by atoms with Crippen molar-refractivity contribution in [1.29, 1.82) is 0 Å². The highest BCUT2D eigenvalue weighted by atomic mass is 35.5. The first-order valence-electron chi connectivity index (χ1n) is 11.4. The standard InChI is InChI=1S/C24H33Cl2N3O3/c1-18-6-10-27(11-7-18)17-20(30)8-12-28-14-15-29(13-9-24(28)32)23(31)5-3-19-2-4-21(25)22(26)16-19/h2-5,16,18,20,30H,6-15,17H2,1H3. The highest BCUT2D eigenvalue weighted by molar-refractivity contribution is 6.42. The first-order valence-corrected chi connectivity index (χ1v) is 12.2. The van der Waals surface area contributed by atoms with E-state index in [0.29, 0.717) is 55.6 Å². The average Bonchev–Trinajstić information content (AvgIpc) is 2.96. The van der Waals surface area contributed by atoms with Gasteiger partial charge >= 0.3 is 0 Å². The number of likely N-dealkylation sites (tertiary alicyclic amines) is 1. The minimum atomic E-state index is -0.439. The molecule has 0 bridgehead atoms. The molecule has 0 radical (unpaired) electrons. The van der Waals surface area contributed by atoms with Gasteiger partial charge in [-0.05, 0) is 62.0 Å². The van der Waals surface area contributed by atoms with Crippen LogP contribution in [0.15, 0.2) is 24.3 Å². The number of hydrogen-bond donors (Lipinski definition) is 1. The van der Waals surface area contributed by atoms with Crippen molar-refractivity contribution in [2.75, 3.05) is 45.8 Å². The fourth-order valence-corrected chi connectivity index (χ4v) is 4.46. The fourth-order valence-electron chi connectivity index (χ4n) is 4.15. The third-order valence-corrected chi connectivity index (χ3v) is 7.08. The molecule has 8 heteroatoms. The molecule has 1 N–H and O–H groups in total. The lowest BCUT2D eigenvalue weighted by molar-refractivity contribution is -0.130. The molecule has 1 atom stereocenters. The Morgan fingerprint density at radius 2 is 1.91 bits per heavy atom. The number of halogens is 2. The molecule has 1 unspecified atom stereocenters. The third-order valence-electron chi connectivity index (χ3n) is 6.34. The summed E-state index contributed by atoms with van der Waals surface area (Å²) >= 11 is 11.9. The number of aliphatic hydroxyl groups is 1. The Balaban J connectivity index is 1.45. The molecule has 2 aliphatic rings. The highest BCUT2D eigenvalue weighted by Crippen LogP contribution is 2.23. The summed E-state index contributed by atoms with van der Waals surface area (Å²) < 4.78 is 0. The lowest BCUT2D eigenvalue weighted by atomic mass is 9.99. The van der Waals surface area contributed by atoms with Gasteiger partial charge in [-0.2, -0.15) is 0 Å². The molecule has 2 heterocycles. The smallest absolute Gasteiger partial charge is 0.246 e. The summed E-state index contributed by atoms with van der Waals surface area (Å²) in [6.07, 6.45) is 5.98. The van der Waals surface area contributed by atoms with Crippen molar-refractivity contribution >= 4 is 41.1 Å². The Kier molecular flexibility index (Phi) is 9.41. The summed E-state index contributed by atoms with van der Waals surface area (Å²) in [5.41, 5.74) is 0.789. The molecule has 1 aromatic rings. The summed E-state index contributed by atoms with van der Waals surface area (Å²) in [7, 11) is 0. The minimum Gasteiger partial charge on any atom is -0.392 e. The molecule has 0 spiro atoms. The molecule has 2 saturated heterocycles. The van der Waals surface area contributed by atoms with Gasteiger partial charge in [-0.1, -0.05) is 36.2 Å². The molecule has 2 fully saturated rings. The Morgan fingerprint density at radius 3 is 2.62 bits per heavy atom. The predicted octanol–water partition coefficient (Wildman–Crippen LogP) is 3.55. The summed E-state index contributed by atoms with van der Waals surface area (Å²) in [6.45, 7) is 6.89. The zero-order chi connectivity index (χ0) is 23.1. The summed E-state index contributed by atoms with van der Waals surface area (Å²) in [5, 5.41) is 11.3. The Labute approximate surface area is 200 Å². The number of carbonyl (C=O) groups excluding carboxylic acids is 2. The first kappa shape index (κ1) is 25.0. The van der Waals surface area contributed by atoms with E-state index in [-0.39, 0.29) is 11.8 Å². The number of β-amino-alcohol motifs (C(OH)–C–C–N with tert-alkyl or cyclic N) is 1. The van der Waals surface area contributed by atoms with Gasteiger partial charge < -0.3 is 19.8 Å². The molecular formula is C24H33Cl2N3O3. The number of hydrogen-bond acceptors (Lipinski definition) is 4. The van der Waals surface area contributed by atoms with Crippen molar-refractivity contribution < 1.29 is 14.7 Å². The van der Waals surface area contributed by atoms with Gasteiger partial charge in [0.05, 0.1) is 16.1 Å². The van der Waals surface area contributed by atoms with Crippen LogP contribution in [-0.2, 0) is 9.59 Å². The van der Waals surface area contributed by atoms with Crippen LogP contribution in [0.4, 0.5) is 0 Å². The van der Waals surface area contributed by atoms with Crippen molar-refractivity contribution in [2.45, 2.75) is 38.7 Å². The van der Waals surface area contributed by atoms with E-state index in [4.69, 9.17) is 23.2 Å². The number of nitrogens with zero attached hydrogens (tertiary/aromatic N) is 3. The van der Waals surface area contributed by atoms with Crippen molar-refractivity contribution in [2.24, 2.45) is 5.92 Å². The van der Waals surface area contributed by atoms with Crippen LogP contribution in [0, 0.1) is 5.92 Å². The summed E-state index contributed by atoms with van der Waals surface area (Å²) in [5.74, 6) is 0.667. The van der Waals surface area contributed by atoms with Crippen LogP contribution in [0.25, 0.3) is 6.08 Å². The van der Waals surface area contributed by atoms with Crippen molar-refractivity contribution in [3.05, 3.63) is 39.9 Å². The zero-order valence-corrected chi connectivity index (χ0v) is 20.2. The zero-order valence-electron chi connectivity index (χ0n) is 18.7. The van der Waals surface area contributed by atoms with Crippen molar-refractivity contribution in [3.8, 4) is 0 Å². The minimum absolute atomic E-state index is 0.0350. The van der Waals surface area contributed by atoms with E-state index in [2.05, 4.69) is 11.8 Å². The van der Waals surface area contributed by atoms with E-state index in [1.807, 2.05) is 0 Å². The van der Waals surface area contributed by atoms with Gasteiger partial charge in [-0.15, -0.1) is 0 Å². The Bertz CT molecular complexity index is 825. The maximum atomic E-state index is 12.6. The normalized spacial score (nSPS) is 20.1. The average molecular weight is 482 g/mol. The molecule has 32 heavy (non-hydrogen) atoms. The van der Waals surface area contributed by atoms with Gasteiger partial charge in [0.15, 0.2) is 0 Å². The molecule has 0 saturated carbocycles. The second kappa shape index (κ2) is 12.0. The van der Waals surface area contributed by atoms with Crippen LogP contribution < -0.4 is 0 Å². The molecule has 6 nitrogen and oxygen atoms in total. The SMILES string of the molecule is CC1CCN(CC(O)CCN2CCN(C(=O)C=Cc3ccc(Cl)c(Cl)c3)CCC2=O)CC1. The molecule has 3 rings (SSSR count). The lowest BCUT2D eigenvalue weighted by Gasteiger charge is -2.32. The van der Waals surface area contributed by atoms with Gasteiger partial charge in [-0.25, -0.2) is 0 Å². The van der Waals surface area contributed by atoms with E-state index in [1.165, 1.54) is 18.9 Å². The number of rotatable bonds is 7. The molecular weight excluding hydrogens is 449 g/mol. The maximum absolute atomic E-state index is 12.6. The monoisotopic (exact) mass is 481 g/mol. The Morgan fingerprint density at radius 1 is 1.16 bits per heavy atom. The maximum Gasteiger partial charge on any atom is 0.246 e. The Hall–Kier alpha value is -1.60. The van der Waals surface area contributed by atoms with Gasteiger partial charge in [0.25, 0.3) is 0 Å². The fraction of sp³-hybridized carbons (Fsp3) is 0.583. The number of aliphatic hydroxyl groups excluding tert-OH is 1. The van der Waals surface area contributed by atoms with Crippen LogP contribution in [-0.4, -0.2) is 83.5 Å². The first-order chi connectivity index (χ1) is 15.3. The van der Waals surface area contributed by atoms with Gasteiger partial charge in [0.2, 0.25) is 11.8 Å². The second-order valence-electron chi connectivity index (χ2n) is 8.89. The summed E-state index contributed by atoms with van der Waals surface area (Å²) in [4.78, 5) is 30.9. The molecule has 2 aliphatic heterocycles. The van der Waals surface area contributed by atoms with Crippen LogP contribution in [0.5, 0.6) is 0 Å². The second-order valence-corrected chi connectivity index (χ2v) is 9.70. The van der Waals surface area contributed by atoms with E-state index in [1.54, 1.807) is 34.1 Å². The van der Waals surface area contributed by atoms with Gasteiger partial charge in [0, 0.05) is 45.2 Å². The number of carbonyl (C=O) groups is 2. The van der Waals surface area contributed by atoms with Crippen molar-refractivity contribution in [1.82, 2.24) is 14.7 Å². The molecule has 0 aromatic heterocycles. The molecule has 176 valence electrons. The highest BCUT2D eigenvalue weighted by Gasteiger charge is 2.24. The van der Waals surface area contributed by atoms with Crippen LogP contribution >= 0.6 is 23.2 Å². The molecule has 1 aromatic carbocycles. The van der Waals surface area contributed by atoms with E-state index in [0.717, 1.165) is 24.6 Å². The van der Waals surface area contributed by atoms with Gasteiger partial charge in [0.1, 0.15) is 0 Å². The van der Waals surface area contributed by atoms with Crippen molar-refractivity contribution in [3.63, 3.8) is 0 Å². The third kappa shape index (κ3) is 7.48. The van der Waals surface area contributed by atoms with Gasteiger partial charge in [-0.3, -0.25) is 9.59 Å². The number of amides is 2. The van der Waals surface area contributed by atoms with E-state index in [9.17, 15) is 14.7 Å². The molecule has 2 amide bonds. The molecule has 0 aliphatic carbocycles.